The number of benzene rings is 1. The highest BCUT2D eigenvalue weighted by Gasteiger charge is 2.45. The van der Waals surface area contributed by atoms with Gasteiger partial charge in [-0.1, -0.05) is 30.3 Å². The number of hydrogen-bond donors (Lipinski definition) is 0. The summed E-state index contributed by atoms with van der Waals surface area (Å²) in [6.45, 7) is 2.58. The number of halogens is 1. The van der Waals surface area contributed by atoms with E-state index in [-0.39, 0.29) is 5.91 Å². The van der Waals surface area contributed by atoms with Crippen LogP contribution in [0.5, 0.6) is 0 Å². The van der Waals surface area contributed by atoms with Crippen LogP contribution in [0.4, 0.5) is 4.39 Å². The second kappa shape index (κ2) is 7.28. The number of nitrogens with zero attached hydrogens (tertiary/aromatic N) is 3. The molecule has 3 aliphatic heterocycles. The number of carbonyl (C=O) groups excluding carboxylic acids is 1. The molecule has 3 fully saturated rings. The summed E-state index contributed by atoms with van der Waals surface area (Å²) < 4.78 is 13.5. The maximum atomic E-state index is 13.5. The summed E-state index contributed by atoms with van der Waals surface area (Å²) in [6.07, 6.45) is 7.50. The zero-order valence-electron chi connectivity index (χ0n) is 16.0. The molecular weight excluding hydrogens is 353 g/mol. The number of fused-ring (bicyclic) bond motifs is 4. The first-order valence-electron chi connectivity index (χ1n) is 10.4. The van der Waals surface area contributed by atoms with E-state index in [4.69, 9.17) is 0 Å². The van der Waals surface area contributed by atoms with Gasteiger partial charge in [-0.05, 0) is 49.1 Å². The highest BCUT2D eigenvalue weighted by Crippen LogP contribution is 2.44. The molecule has 2 bridgehead atoms. The highest BCUT2D eigenvalue weighted by molar-refractivity contribution is 5.94. The molecule has 4 atom stereocenters. The molecule has 0 spiro atoms. The summed E-state index contributed by atoms with van der Waals surface area (Å²) in [4.78, 5) is 21.5. The zero-order valence-corrected chi connectivity index (χ0v) is 16.0. The van der Waals surface area contributed by atoms with Gasteiger partial charge in [0.1, 0.15) is 5.82 Å². The first-order chi connectivity index (χ1) is 13.7. The van der Waals surface area contributed by atoms with Crippen molar-refractivity contribution in [3.8, 4) is 0 Å². The fraction of sp³-hybridized carbons (Fsp3) is 0.478. The SMILES string of the molecule is O=C(c1cncc(F)c1)N1C[C@@H]2C[C@H](C1)[C@@H]1CCC[C@H](c3ccccc3)N1C2. The minimum Gasteiger partial charge on any atom is -0.338 e. The molecule has 0 N–H and O–H groups in total. The van der Waals surface area contributed by atoms with Crippen LogP contribution in [0.2, 0.25) is 0 Å². The Labute approximate surface area is 165 Å². The maximum absolute atomic E-state index is 13.5. The number of aromatic nitrogens is 1. The van der Waals surface area contributed by atoms with E-state index in [1.807, 2.05) is 4.90 Å². The Hall–Kier alpha value is -2.27. The molecule has 0 radical (unpaired) electrons. The lowest BCUT2D eigenvalue weighted by Crippen LogP contribution is -2.60. The Morgan fingerprint density at radius 1 is 1.07 bits per heavy atom. The van der Waals surface area contributed by atoms with Crippen LogP contribution >= 0.6 is 0 Å². The van der Waals surface area contributed by atoms with Crippen molar-refractivity contribution in [2.24, 2.45) is 11.8 Å². The number of likely N-dealkylation sites (tertiary alicyclic amines) is 1. The molecule has 3 saturated heterocycles. The number of rotatable bonds is 2. The summed E-state index contributed by atoms with van der Waals surface area (Å²) in [6, 6.07) is 13.2. The zero-order chi connectivity index (χ0) is 19.1. The molecule has 146 valence electrons. The fourth-order valence-corrected chi connectivity index (χ4v) is 5.72. The van der Waals surface area contributed by atoms with Crippen LogP contribution in [0.25, 0.3) is 0 Å². The van der Waals surface area contributed by atoms with Crippen LogP contribution in [-0.4, -0.2) is 46.4 Å². The number of amides is 1. The van der Waals surface area contributed by atoms with Crippen molar-refractivity contribution >= 4 is 5.91 Å². The maximum Gasteiger partial charge on any atom is 0.255 e. The van der Waals surface area contributed by atoms with Gasteiger partial charge in [0.25, 0.3) is 5.91 Å². The van der Waals surface area contributed by atoms with Gasteiger partial charge < -0.3 is 4.90 Å². The van der Waals surface area contributed by atoms with Gasteiger partial charge in [0.05, 0.1) is 11.8 Å². The summed E-state index contributed by atoms with van der Waals surface area (Å²) in [5, 5.41) is 0. The quantitative estimate of drug-likeness (QED) is 0.794. The van der Waals surface area contributed by atoms with Crippen molar-refractivity contribution in [2.45, 2.75) is 37.8 Å². The van der Waals surface area contributed by atoms with Crippen LogP contribution in [-0.2, 0) is 0 Å². The van der Waals surface area contributed by atoms with E-state index in [1.54, 1.807) is 0 Å². The molecule has 2 aromatic rings. The lowest BCUT2D eigenvalue weighted by atomic mass is 9.74. The van der Waals surface area contributed by atoms with Crippen LogP contribution in [0.15, 0.2) is 48.8 Å². The van der Waals surface area contributed by atoms with Crippen molar-refractivity contribution in [3.63, 3.8) is 0 Å². The van der Waals surface area contributed by atoms with Gasteiger partial charge in [-0.3, -0.25) is 14.7 Å². The highest BCUT2D eigenvalue weighted by atomic mass is 19.1. The third kappa shape index (κ3) is 3.22. The van der Waals surface area contributed by atoms with E-state index < -0.39 is 5.82 Å². The Morgan fingerprint density at radius 2 is 1.93 bits per heavy atom. The van der Waals surface area contributed by atoms with E-state index in [1.165, 1.54) is 43.5 Å². The fourth-order valence-electron chi connectivity index (χ4n) is 5.72. The largest absolute Gasteiger partial charge is 0.338 e. The van der Waals surface area contributed by atoms with Gasteiger partial charge in [-0.2, -0.15) is 0 Å². The molecule has 4 nitrogen and oxygen atoms in total. The standard InChI is InChI=1S/C23H26FN3O/c24-20-10-18(11-25-12-20)23(28)26-13-16-9-19(15-26)22-8-4-7-21(27(22)14-16)17-5-2-1-3-6-17/h1-3,5-6,10-12,16,19,21-22H,4,7-9,13-15H2/t16-,19+,21+,22-/m0/s1. The van der Waals surface area contributed by atoms with E-state index >= 15 is 0 Å². The minimum absolute atomic E-state index is 0.0782. The average molecular weight is 379 g/mol. The van der Waals surface area contributed by atoms with Crippen molar-refractivity contribution in [3.05, 3.63) is 65.7 Å². The average Bonchev–Trinajstić information content (AvgIpc) is 2.73. The van der Waals surface area contributed by atoms with Crippen molar-refractivity contribution in [1.29, 1.82) is 0 Å². The predicted molar refractivity (Wildman–Crippen MR) is 105 cm³/mol. The molecule has 0 unspecified atom stereocenters. The van der Waals surface area contributed by atoms with Gasteiger partial charge in [-0.25, -0.2) is 4.39 Å². The third-order valence-corrected chi connectivity index (χ3v) is 6.81. The van der Waals surface area contributed by atoms with Crippen LogP contribution in [0.3, 0.4) is 0 Å². The second-order valence-electron chi connectivity index (χ2n) is 8.59. The molecule has 1 aromatic carbocycles. The monoisotopic (exact) mass is 379 g/mol. The summed E-state index contributed by atoms with van der Waals surface area (Å²) in [5.41, 5.74) is 1.79. The van der Waals surface area contributed by atoms with Gasteiger partial charge in [0.2, 0.25) is 0 Å². The topological polar surface area (TPSA) is 36.4 Å². The van der Waals surface area contributed by atoms with Gasteiger partial charge >= 0.3 is 0 Å². The van der Waals surface area contributed by atoms with E-state index in [9.17, 15) is 9.18 Å². The smallest absolute Gasteiger partial charge is 0.255 e. The molecule has 0 aliphatic carbocycles. The van der Waals surface area contributed by atoms with E-state index in [2.05, 4.69) is 40.2 Å². The van der Waals surface area contributed by atoms with Gasteiger partial charge in [-0.15, -0.1) is 0 Å². The Kier molecular flexibility index (Phi) is 4.63. The van der Waals surface area contributed by atoms with Crippen LogP contribution in [0.1, 0.15) is 47.6 Å². The lowest BCUT2D eigenvalue weighted by molar-refractivity contribution is -0.0511. The van der Waals surface area contributed by atoms with Gasteiger partial charge in [0, 0.05) is 37.9 Å². The molecule has 5 heteroatoms. The normalized spacial score (nSPS) is 30.0. The minimum atomic E-state index is -0.452. The molecule has 1 aromatic heterocycles. The summed E-state index contributed by atoms with van der Waals surface area (Å²) >= 11 is 0. The second-order valence-corrected chi connectivity index (χ2v) is 8.59. The Bertz CT molecular complexity index is 858. The van der Waals surface area contributed by atoms with Crippen LogP contribution in [0, 0.1) is 17.7 Å². The molecule has 5 rings (SSSR count). The van der Waals surface area contributed by atoms with Crippen molar-refractivity contribution in [1.82, 2.24) is 14.8 Å². The van der Waals surface area contributed by atoms with Gasteiger partial charge in [0.15, 0.2) is 0 Å². The Morgan fingerprint density at radius 3 is 2.75 bits per heavy atom. The van der Waals surface area contributed by atoms with Crippen LogP contribution < -0.4 is 0 Å². The first kappa shape index (κ1) is 17.8. The lowest BCUT2D eigenvalue weighted by Gasteiger charge is -2.55. The molecule has 3 aliphatic rings. The molecule has 0 saturated carbocycles. The number of carbonyl (C=O) groups is 1. The third-order valence-electron chi connectivity index (χ3n) is 6.81. The van der Waals surface area contributed by atoms with Crippen molar-refractivity contribution in [2.75, 3.05) is 19.6 Å². The Balaban J connectivity index is 1.36. The predicted octanol–water partition coefficient (Wildman–Crippen LogP) is 3.91. The summed E-state index contributed by atoms with van der Waals surface area (Å²) in [5.74, 6) is 0.465. The van der Waals surface area contributed by atoms with E-state index in [0.717, 1.165) is 25.8 Å². The van der Waals surface area contributed by atoms with E-state index in [0.29, 0.717) is 29.5 Å². The first-order valence-corrected chi connectivity index (χ1v) is 10.4. The summed E-state index contributed by atoms with van der Waals surface area (Å²) in [7, 11) is 0. The molecule has 28 heavy (non-hydrogen) atoms. The van der Waals surface area contributed by atoms with Crippen molar-refractivity contribution < 1.29 is 9.18 Å². The number of piperidine rings is 3. The number of pyridine rings is 1. The number of hydrogen-bond acceptors (Lipinski definition) is 3. The molecule has 4 heterocycles. The molecule has 1 amide bonds. The molecular formula is C23H26FN3O.